The lowest BCUT2D eigenvalue weighted by molar-refractivity contribution is -0.387. The fraction of sp³-hybridized carbons (Fsp3) is 0.417. The van der Waals surface area contributed by atoms with Crippen LogP contribution in [0.1, 0.15) is 20.3 Å². The molecule has 0 fully saturated rings. The summed E-state index contributed by atoms with van der Waals surface area (Å²) < 4.78 is 1.75. The first-order chi connectivity index (χ1) is 9.77. The van der Waals surface area contributed by atoms with Gasteiger partial charge in [-0.3, -0.25) is 24.0 Å². The number of aliphatic carboxylic acids is 1. The maximum absolute atomic E-state index is 12.1. The zero-order chi connectivity index (χ0) is 16.2. The van der Waals surface area contributed by atoms with Gasteiger partial charge in [0.05, 0.1) is 17.7 Å². The van der Waals surface area contributed by atoms with Crippen molar-refractivity contribution in [1.82, 2.24) is 9.13 Å². The van der Waals surface area contributed by atoms with Gasteiger partial charge in [-0.2, -0.15) is 0 Å². The van der Waals surface area contributed by atoms with Crippen molar-refractivity contribution in [3.63, 3.8) is 0 Å². The van der Waals surface area contributed by atoms with Gasteiger partial charge in [-0.05, 0) is 18.9 Å². The molecule has 9 nitrogen and oxygen atoms in total. The number of aromatic nitrogens is 2. The third kappa shape index (κ3) is 3.88. The summed E-state index contributed by atoms with van der Waals surface area (Å²) in [6, 6.07) is 0. The molecule has 0 radical (unpaired) electrons. The van der Waals surface area contributed by atoms with Gasteiger partial charge in [0.25, 0.3) is 0 Å². The smallest absolute Gasteiger partial charge is 0.350 e. The van der Waals surface area contributed by atoms with Crippen LogP contribution in [0.5, 0.6) is 0 Å². The van der Waals surface area contributed by atoms with Gasteiger partial charge in [0, 0.05) is 12.6 Å². The van der Waals surface area contributed by atoms with Crippen LogP contribution in [0.3, 0.4) is 0 Å². The second-order valence-corrected chi connectivity index (χ2v) is 4.47. The van der Waals surface area contributed by atoms with E-state index in [0.717, 1.165) is 16.8 Å². The Hall–Kier alpha value is -2.71. The van der Waals surface area contributed by atoms with E-state index in [0.29, 0.717) is 11.0 Å². The van der Waals surface area contributed by atoms with Gasteiger partial charge in [0.15, 0.2) is 0 Å². The number of hydrogen-bond donors (Lipinski definition) is 1. The highest BCUT2D eigenvalue weighted by atomic mass is 16.6. The summed E-state index contributed by atoms with van der Waals surface area (Å²) in [4.78, 5) is 44.6. The number of allylic oxidation sites excluding steroid dienone is 1. The van der Waals surface area contributed by atoms with Gasteiger partial charge in [0.1, 0.15) is 0 Å². The SMILES string of the molecule is CCCn1cc([N+](=O)[O-])c(=O)n(CC(C)=CC(=O)O)c1=O. The number of aryl methyl sites for hydroxylation is 1. The fourth-order valence-electron chi connectivity index (χ4n) is 1.81. The molecule has 0 spiro atoms. The molecule has 21 heavy (non-hydrogen) atoms. The normalized spacial score (nSPS) is 11.4. The fourth-order valence-corrected chi connectivity index (χ4v) is 1.81. The number of nitro groups is 1. The summed E-state index contributed by atoms with van der Waals surface area (Å²) in [6.07, 6.45) is 2.31. The Kier molecular flexibility index (Phi) is 5.17. The third-order valence-corrected chi connectivity index (χ3v) is 2.66. The molecule has 0 aliphatic carbocycles. The number of carbonyl (C=O) groups is 1. The highest BCUT2D eigenvalue weighted by Crippen LogP contribution is 2.03. The molecule has 1 aromatic heterocycles. The van der Waals surface area contributed by atoms with Crippen molar-refractivity contribution in [2.24, 2.45) is 0 Å². The number of carboxylic acid groups (broad SMARTS) is 1. The molecule has 0 bridgehead atoms. The van der Waals surface area contributed by atoms with Crippen LogP contribution in [0, 0.1) is 10.1 Å². The lowest BCUT2D eigenvalue weighted by Crippen LogP contribution is -2.40. The van der Waals surface area contributed by atoms with Crippen molar-refractivity contribution < 1.29 is 14.8 Å². The molecule has 114 valence electrons. The topological polar surface area (TPSA) is 124 Å². The number of rotatable bonds is 6. The molecule has 0 unspecified atom stereocenters. The Morgan fingerprint density at radius 1 is 1.48 bits per heavy atom. The molecular formula is C12H15N3O6. The van der Waals surface area contributed by atoms with Gasteiger partial charge in [-0.1, -0.05) is 6.92 Å². The summed E-state index contributed by atoms with van der Waals surface area (Å²) in [5.74, 6) is -1.22. The van der Waals surface area contributed by atoms with Gasteiger partial charge >= 0.3 is 22.9 Å². The summed E-state index contributed by atoms with van der Waals surface area (Å²) in [5.41, 5.74) is -2.24. The molecule has 0 atom stereocenters. The van der Waals surface area contributed by atoms with Crippen LogP contribution in [0.2, 0.25) is 0 Å². The van der Waals surface area contributed by atoms with E-state index < -0.39 is 27.8 Å². The Labute approximate surface area is 118 Å². The average molecular weight is 297 g/mol. The van der Waals surface area contributed by atoms with Crippen molar-refractivity contribution >= 4 is 11.7 Å². The van der Waals surface area contributed by atoms with E-state index in [4.69, 9.17) is 5.11 Å². The Balaban J connectivity index is 3.49. The van der Waals surface area contributed by atoms with Gasteiger partial charge in [-0.15, -0.1) is 0 Å². The van der Waals surface area contributed by atoms with Crippen LogP contribution >= 0.6 is 0 Å². The molecule has 1 heterocycles. The Morgan fingerprint density at radius 3 is 2.57 bits per heavy atom. The second-order valence-electron chi connectivity index (χ2n) is 4.47. The first kappa shape index (κ1) is 16.3. The molecule has 1 rings (SSSR count). The van der Waals surface area contributed by atoms with Crippen molar-refractivity contribution in [3.8, 4) is 0 Å². The van der Waals surface area contributed by atoms with Crippen LogP contribution in [-0.2, 0) is 17.9 Å². The summed E-state index contributed by atoms with van der Waals surface area (Å²) in [5, 5.41) is 19.5. The zero-order valence-corrected chi connectivity index (χ0v) is 11.6. The standard InChI is InChI=1S/C12H15N3O6/c1-3-4-13-7-9(15(20)21)11(18)14(12(13)19)6-8(2)5-10(16)17/h5,7H,3-4,6H2,1-2H3,(H,16,17). The Bertz CT molecular complexity index is 713. The predicted octanol–water partition coefficient (Wildman–Crippen LogP) is 0.359. The van der Waals surface area contributed by atoms with Crippen LogP contribution in [0.4, 0.5) is 5.69 Å². The van der Waals surface area contributed by atoms with Crippen LogP contribution in [-0.4, -0.2) is 25.1 Å². The van der Waals surface area contributed by atoms with Gasteiger partial charge in [-0.25, -0.2) is 9.59 Å². The molecular weight excluding hydrogens is 282 g/mol. The highest BCUT2D eigenvalue weighted by Gasteiger charge is 2.19. The van der Waals surface area contributed by atoms with Crippen LogP contribution in [0.25, 0.3) is 0 Å². The lowest BCUT2D eigenvalue weighted by Gasteiger charge is -2.09. The van der Waals surface area contributed by atoms with Crippen molar-refractivity contribution in [3.05, 3.63) is 48.8 Å². The van der Waals surface area contributed by atoms with E-state index in [1.807, 2.05) is 0 Å². The molecule has 0 aliphatic rings. The van der Waals surface area contributed by atoms with E-state index in [2.05, 4.69) is 0 Å². The highest BCUT2D eigenvalue weighted by molar-refractivity contribution is 5.80. The zero-order valence-electron chi connectivity index (χ0n) is 11.6. The molecule has 0 saturated heterocycles. The maximum Gasteiger partial charge on any atom is 0.350 e. The average Bonchev–Trinajstić information content (AvgIpc) is 2.36. The van der Waals surface area contributed by atoms with E-state index in [1.54, 1.807) is 6.92 Å². The molecule has 1 aromatic rings. The van der Waals surface area contributed by atoms with Crippen LogP contribution in [0.15, 0.2) is 27.4 Å². The van der Waals surface area contributed by atoms with Crippen LogP contribution < -0.4 is 11.2 Å². The third-order valence-electron chi connectivity index (χ3n) is 2.66. The lowest BCUT2D eigenvalue weighted by atomic mass is 10.3. The maximum atomic E-state index is 12.1. The number of nitrogens with zero attached hydrogens (tertiary/aromatic N) is 3. The molecule has 0 aromatic carbocycles. The molecule has 0 aliphatic heterocycles. The molecule has 1 N–H and O–H groups in total. The van der Waals surface area contributed by atoms with Gasteiger partial charge < -0.3 is 5.11 Å². The quantitative estimate of drug-likeness (QED) is 0.459. The Morgan fingerprint density at radius 2 is 2.10 bits per heavy atom. The van der Waals surface area contributed by atoms with E-state index in [9.17, 15) is 24.5 Å². The minimum absolute atomic E-state index is 0.224. The minimum atomic E-state index is -1.22. The van der Waals surface area contributed by atoms with Crippen molar-refractivity contribution in [1.29, 1.82) is 0 Å². The first-order valence-corrected chi connectivity index (χ1v) is 6.16. The molecule has 0 saturated carbocycles. The number of hydrogen-bond acceptors (Lipinski definition) is 5. The number of carboxylic acids is 1. The van der Waals surface area contributed by atoms with E-state index >= 15 is 0 Å². The van der Waals surface area contributed by atoms with Crippen molar-refractivity contribution in [2.75, 3.05) is 0 Å². The summed E-state index contributed by atoms with van der Waals surface area (Å²) in [6.45, 7) is 3.11. The van der Waals surface area contributed by atoms with Crippen molar-refractivity contribution in [2.45, 2.75) is 33.4 Å². The van der Waals surface area contributed by atoms with E-state index in [-0.39, 0.29) is 18.7 Å². The van der Waals surface area contributed by atoms with E-state index in [1.165, 1.54) is 6.92 Å². The predicted molar refractivity (Wildman–Crippen MR) is 73.3 cm³/mol. The summed E-state index contributed by atoms with van der Waals surface area (Å²) in [7, 11) is 0. The molecule has 9 heteroatoms. The monoisotopic (exact) mass is 297 g/mol. The second kappa shape index (κ2) is 6.64. The molecule has 0 amide bonds. The minimum Gasteiger partial charge on any atom is -0.478 e. The van der Waals surface area contributed by atoms with Gasteiger partial charge in [0.2, 0.25) is 0 Å². The summed E-state index contributed by atoms with van der Waals surface area (Å²) >= 11 is 0. The first-order valence-electron chi connectivity index (χ1n) is 6.16. The largest absolute Gasteiger partial charge is 0.478 e.